The molecular weight excluding hydrogens is 264 g/mol. The maximum absolute atomic E-state index is 11.9. The SMILES string of the molecule is N#CC(NC(=O)c1cncc(Cl)n1)c1ccccc1. The summed E-state index contributed by atoms with van der Waals surface area (Å²) in [6, 6.07) is 10.2. The highest BCUT2D eigenvalue weighted by Gasteiger charge is 2.16. The number of aromatic nitrogens is 2. The number of hydrogen-bond donors (Lipinski definition) is 1. The van der Waals surface area contributed by atoms with Crippen molar-refractivity contribution >= 4 is 17.5 Å². The van der Waals surface area contributed by atoms with E-state index in [0.29, 0.717) is 5.56 Å². The molecule has 0 spiro atoms. The molecule has 19 heavy (non-hydrogen) atoms. The number of nitrogens with zero attached hydrogens (tertiary/aromatic N) is 3. The van der Waals surface area contributed by atoms with Crippen molar-refractivity contribution in [2.24, 2.45) is 0 Å². The van der Waals surface area contributed by atoms with Gasteiger partial charge in [0.25, 0.3) is 5.91 Å². The van der Waals surface area contributed by atoms with Crippen molar-refractivity contribution in [1.82, 2.24) is 15.3 Å². The molecule has 0 aliphatic rings. The van der Waals surface area contributed by atoms with Crippen LogP contribution in [-0.4, -0.2) is 15.9 Å². The first-order valence-electron chi connectivity index (χ1n) is 5.43. The van der Waals surface area contributed by atoms with Crippen LogP contribution in [0.1, 0.15) is 22.1 Å². The van der Waals surface area contributed by atoms with Gasteiger partial charge in [-0.3, -0.25) is 9.78 Å². The van der Waals surface area contributed by atoms with Gasteiger partial charge in [-0.1, -0.05) is 41.9 Å². The molecule has 0 aliphatic heterocycles. The van der Waals surface area contributed by atoms with Gasteiger partial charge in [0.1, 0.15) is 16.9 Å². The Balaban J connectivity index is 2.16. The summed E-state index contributed by atoms with van der Waals surface area (Å²) in [4.78, 5) is 19.5. The van der Waals surface area contributed by atoms with E-state index >= 15 is 0 Å². The number of nitrogens with one attached hydrogen (secondary N) is 1. The van der Waals surface area contributed by atoms with Crippen LogP contribution in [0.25, 0.3) is 0 Å². The lowest BCUT2D eigenvalue weighted by molar-refractivity contribution is 0.0939. The summed E-state index contributed by atoms with van der Waals surface area (Å²) < 4.78 is 0. The zero-order valence-corrected chi connectivity index (χ0v) is 10.5. The van der Waals surface area contributed by atoms with Gasteiger partial charge in [-0.2, -0.15) is 5.26 Å². The highest BCUT2D eigenvalue weighted by molar-refractivity contribution is 6.29. The Labute approximate surface area is 114 Å². The van der Waals surface area contributed by atoms with E-state index in [1.807, 2.05) is 12.1 Å². The third-order valence-electron chi connectivity index (χ3n) is 2.38. The zero-order chi connectivity index (χ0) is 13.7. The fourth-order valence-corrected chi connectivity index (χ4v) is 1.64. The third kappa shape index (κ3) is 3.27. The first kappa shape index (κ1) is 13.0. The lowest BCUT2D eigenvalue weighted by atomic mass is 10.1. The first-order chi connectivity index (χ1) is 9.20. The summed E-state index contributed by atoms with van der Waals surface area (Å²) in [6.45, 7) is 0. The average molecular weight is 273 g/mol. The molecule has 1 amide bonds. The van der Waals surface area contributed by atoms with Crippen LogP contribution in [0, 0.1) is 11.3 Å². The second-order valence-electron chi connectivity index (χ2n) is 3.67. The molecule has 1 unspecified atom stereocenters. The van der Waals surface area contributed by atoms with Crippen LogP contribution in [0.2, 0.25) is 5.15 Å². The molecule has 2 rings (SSSR count). The largest absolute Gasteiger partial charge is 0.331 e. The summed E-state index contributed by atoms with van der Waals surface area (Å²) in [6.07, 6.45) is 2.62. The quantitative estimate of drug-likeness (QED) is 0.928. The van der Waals surface area contributed by atoms with Gasteiger partial charge in [-0.05, 0) is 5.56 Å². The van der Waals surface area contributed by atoms with E-state index in [1.165, 1.54) is 12.4 Å². The zero-order valence-electron chi connectivity index (χ0n) is 9.75. The maximum Gasteiger partial charge on any atom is 0.272 e. The monoisotopic (exact) mass is 272 g/mol. The maximum atomic E-state index is 11.9. The molecule has 1 aromatic carbocycles. The van der Waals surface area contributed by atoms with Crippen molar-refractivity contribution in [3.63, 3.8) is 0 Å². The Morgan fingerprint density at radius 2 is 2.05 bits per heavy atom. The van der Waals surface area contributed by atoms with Crippen LogP contribution in [-0.2, 0) is 0 Å². The number of carbonyl (C=O) groups is 1. The van der Waals surface area contributed by atoms with Gasteiger partial charge >= 0.3 is 0 Å². The Bertz CT molecular complexity index is 624. The fraction of sp³-hybridized carbons (Fsp3) is 0.0769. The molecule has 1 atom stereocenters. The summed E-state index contributed by atoms with van der Waals surface area (Å²) >= 11 is 5.66. The molecule has 0 bridgehead atoms. The van der Waals surface area contributed by atoms with Crippen molar-refractivity contribution in [2.75, 3.05) is 0 Å². The van der Waals surface area contributed by atoms with Crippen LogP contribution in [0.5, 0.6) is 0 Å². The highest BCUT2D eigenvalue weighted by Crippen LogP contribution is 2.12. The minimum atomic E-state index is -0.741. The number of rotatable bonds is 3. The Morgan fingerprint density at radius 3 is 2.68 bits per heavy atom. The molecule has 2 aromatic rings. The molecule has 0 saturated heterocycles. The molecule has 0 radical (unpaired) electrons. The Hall–Kier alpha value is -2.45. The van der Waals surface area contributed by atoms with Crippen molar-refractivity contribution in [2.45, 2.75) is 6.04 Å². The number of benzene rings is 1. The number of amides is 1. The summed E-state index contributed by atoms with van der Waals surface area (Å²) in [5, 5.41) is 11.8. The molecule has 0 aliphatic carbocycles. The predicted molar refractivity (Wildman–Crippen MR) is 69.3 cm³/mol. The van der Waals surface area contributed by atoms with E-state index in [1.54, 1.807) is 24.3 Å². The standard InChI is InChI=1S/C13H9ClN4O/c14-12-8-16-7-11(17-12)13(19)18-10(6-15)9-4-2-1-3-5-9/h1-5,7-8,10H,(H,18,19). The predicted octanol–water partition coefficient (Wildman–Crippen LogP) is 2.12. The minimum Gasteiger partial charge on any atom is -0.331 e. The number of nitriles is 1. The Kier molecular flexibility index (Phi) is 4.06. The van der Waals surface area contributed by atoms with Crippen LogP contribution in [0.3, 0.4) is 0 Å². The molecular formula is C13H9ClN4O. The van der Waals surface area contributed by atoms with E-state index in [-0.39, 0.29) is 10.8 Å². The molecule has 1 aromatic heterocycles. The van der Waals surface area contributed by atoms with Gasteiger partial charge in [-0.25, -0.2) is 4.98 Å². The van der Waals surface area contributed by atoms with Crippen LogP contribution < -0.4 is 5.32 Å². The van der Waals surface area contributed by atoms with E-state index in [2.05, 4.69) is 15.3 Å². The van der Waals surface area contributed by atoms with Gasteiger partial charge in [-0.15, -0.1) is 0 Å². The van der Waals surface area contributed by atoms with Gasteiger partial charge in [0.15, 0.2) is 0 Å². The van der Waals surface area contributed by atoms with E-state index in [4.69, 9.17) is 16.9 Å². The summed E-state index contributed by atoms with van der Waals surface area (Å²) in [5.74, 6) is -0.495. The molecule has 6 heteroatoms. The second kappa shape index (κ2) is 5.94. The lowest BCUT2D eigenvalue weighted by Gasteiger charge is -2.11. The van der Waals surface area contributed by atoms with Gasteiger partial charge in [0.05, 0.1) is 18.5 Å². The second-order valence-corrected chi connectivity index (χ2v) is 4.06. The highest BCUT2D eigenvalue weighted by atomic mass is 35.5. The number of hydrogen-bond acceptors (Lipinski definition) is 4. The normalized spacial score (nSPS) is 11.4. The van der Waals surface area contributed by atoms with Crippen molar-refractivity contribution in [1.29, 1.82) is 5.26 Å². The molecule has 1 N–H and O–H groups in total. The van der Waals surface area contributed by atoms with Crippen LogP contribution >= 0.6 is 11.6 Å². The van der Waals surface area contributed by atoms with Crippen LogP contribution in [0.4, 0.5) is 0 Å². The topological polar surface area (TPSA) is 78.7 Å². The molecule has 1 heterocycles. The number of carbonyl (C=O) groups excluding carboxylic acids is 1. The van der Waals surface area contributed by atoms with Gasteiger partial charge in [0, 0.05) is 0 Å². The van der Waals surface area contributed by atoms with E-state index in [0.717, 1.165) is 0 Å². The fourth-order valence-electron chi connectivity index (χ4n) is 1.49. The molecule has 5 nitrogen and oxygen atoms in total. The van der Waals surface area contributed by atoms with E-state index < -0.39 is 11.9 Å². The van der Waals surface area contributed by atoms with Crippen molar-refractivity contribution in [3.8, 4) is 6.07 Å². The Morgan fingerprint density at radius 1 is 1.32 bits per heavy atom. The first-order valence-corrected chi connectivity index (χ1v) is 5.81. The lowest BCUT2D eigenvalue weighted by Crippen LogP contribution is -2.28. The molecule has 0 saturated carbocycles. The smallest absolute Gasteiger partial charge is 0.272 e. The van der Waals surface area contributed by atoms with Crippen molar-refractivity contribution < 1.29 is 4.79 Å². The summed E-state index contributed by atoms with van der Waals surface area (Å²) in [5.41, 5.74) is 0.775. The molecule has 94 valence electrons. The third-order valence-corrected chi connectivity index (χ3v) is 2.56. The van der Waals surface area contributed by atoms with Gasteiger partial charge < -0.3 is 5.32 Å². The minimum absolute atomic E-state index is 0.0729. The summed E-state index contributed by atoms with van der Waals surface area (Å²) in [7, 11) is 0. The number of halogens is 1. The van der Waals surface area contributed by atoms with E-state index in [9.17, 15) is 4.79 Å². The molecule has 0 fully saturated rings. The average Bonchev–Trinajstić information content (AvgIpc) is 2.45. The van der Waals surface area contributed by atoms with Crippen LogP contribution in [0.15, 0.2) is 42.7 Å². The van der Waals surface area contributed by atoms with Crippen molar-refractivity contribution in [3.05, 3.63) is 59.1 Å². The van der Waals surface area contributed by atoms with Gasteiger partial charge in [0.2, 0.25) is 0 Å².